The van der Waals surface area contributed by atoms with Crippen LogP contribution in [0, 0.1) is 5.92 Å². The highest BCUT2D eigenvalue weighted by Gasteiger charge is 2.41. The number of alkyl halides is 3. The van der Waals surface area contributed by atoms with E-state index in [0.717, 1.165) is 0 Å². The van der Waals surface area contributed by atoms with E-state index in [1.165, 1.54) is 0 Å². The standard InChI is InChI=1S/C7H10F3IO/c8-7(9,10)5-1-3-6(12-11)4-2-5/h5-6H,1-4H2. The van der Waals surface area contributed by atoms with Gasteiger partial charge in [-0.05, 0) is 25.7 Å². The number of halogens is 4. The Labute approximate surface area is 83.3 Å². The van der Waals surface area contributed by atoms with Crippen molar-refractivity contribution in [3.05, 3.63) is 0 Å². The van der Waals surface area contributed by atoms with Gasteiger partial charge in [-0.2, -0.15) is 13.2 Å². The Kier molecular flexibility index (Phi) is 3.63. The van der Waals surface area contributed by atoms with Crippen LogP contribution in [0.2, 0.25) is 0 Å². The molecule has 0 unspecified atom stereocenters. The minimum absolute atomic E-state index is 0.0317. The van der Waals surface area contributed by atoms with Gasteiger partial charge in [-0.25, -0.2) is 0 Å². The minimum atomic E-state index is -4.00. The summed E-state index contributed by atoms with van der Waals surface area (Å²) in [5.74, 6) is -1.10. The van der Waals surface area contributed by atoms with E-state index in [1.807, 2.05) is 0 Å². The van der Waals surface area contributed by atoms with E-state index in [4.69, 9.17) is 3.07 Å². The fourth-order valence-electron chi connectivity index (χ4n) is 1.48. The summed E-state index contributed by atoms with van der Waals surface area (Å²) >= 11 is 1.75. The molecule has 1 saturated carbocycles. The lowest BCUT2D eigenvalue weighted by molar-refractivity contribution is -0.184. The molecule has 0 aliphatic heterocycles. The molecule has 0 aromatic heterocycles. The third kappa shape index (κ3) is 2.76. The Morgan fingerprint density at radius 2 is 1.58 bits per heavy atom. The molecule has 72 valence electrons. The maximum absolute atomic E-state index is 12.1. The van der Waals surface area contributed by atoms with Gasteiger partial charge in [0.1, 0.15) is 23.0 Å². The lowest BCUT2D eigenvalue weighted by Crippen LogP contribution is -2.29. The predicted octanol–water partition coefficient (Wildman–Crippen LogP) is 3.47. The molecule has 0 saturated heterocycles. The van der Waals surface area contributed by atoms with Crippen LogP contribution in [-0.2, 0) is 3.07 Å². The van der Waals surface area contributed by atoms with Gasteiger partial charge in [-0.1, -0.05) is 0 Å². The van der Waals surface area contributed by atoms with Crippen molar-refractivity contribution in [2.24, 2.45) is 5.92 Å². The summed E-state index contributed by atoms with van der Waals surface area (Å²) in [5, 5.41) is 0. The average Bonchev–Trinajstić information content (AvgIpc) is 2.03. The highest BCUT2D eigenvalue weighted by molar-refractivity contribution is 14.1. The lowest BCUT2D eigenvalue weighted by Gasteiger charge is -2.28. The van der Waals surface area contributed by atoms with Crippen LogP contribution in [0.3, 0.4) is 0 Å². The first-order valence-corrected chi connectivity index (χ1v) is 4.76. The molecule has 12 heavy (non-hydrogen) atoms. The van der Waals surface area contributed by atoms with Gasteiger partial charge in [0.2, 0.25) is 0 Å². The van der Waals surface area contributed by atoms with Crippen LogP contribution in [0.1, 0.15) is 25.7 Å². The molecule has 1 aliphatic rings. The second-order valence-electron chi connectivity index (χ2n) is 3.10. The van der Waals surface area contributed by atoms with Gasteiger partial charge in [0, 0.05) is 0 Å². The van der Waals surface area contributed by atoms with E-state index in [9.17, 15) is 13.2 Å². The molecule has 1 fully saturated rings. The van der Waals surface area contributed by atoms with E-state index in [2.05, 4.69) is 0 Å². The topological polar surface area (TPSA) is 9.23 Å². The van der Waals surface area contributed by atoms with E-state index in [1.54, 1.807) is 23.0 Å². The van der Waals surface area contributed by atoms with Gasteiger partial charge in [0.15, 0.2) is 0 Å². The molecule has 0 aromatic carbocycles. The molecule has 0 N–H and O–H groups in total. The first-order chi connectivity index (χ1) is 5.54. The molecule has 0 aromatic rings. The molecular formula is C7H10F3IO. The summed E-state index contributed by atoms with van der Waals surface area (Å²) in [7, 11) is 0. The summed E-state index contributed by atoms with van der Waals surface area (Å²) in [5.41, 5.74) is 0. The molecule has 0 spiro atoms. The Morgan fingerprint density at radius 1 is 1.08 bits per heavy atom. The second kappa shape index (κ2) is 4.13. The molecule has 0 amide bonds. The molecule has 0 atom stereocenters. The maximum atomic E-state index is 12.1. The van der Waals surface area contributed by atoms with Crippen LogP contribution in [0.25, 0.3) is 0 Å². The highest BCUT2D eigenvalue weighted by atomic mass is 127. The molecule has 0 bridgehead atoms. The van der Waals surface area contributed by atoms with Crippen LogP contribution >= 0.6 is 23.0 Å². The zero-order chi connectivity index (χ0) is 9.19. The van der Waals surface area contributed by atoms with Crippen molar-refractivity contribution in [2.45, 2.75) is 38.0 Å². The zero-order valence-electron chi connectivity index (χ0n) is 6.40. The second-order valence-corrected chi connectivity index (χ2v) is 3.61. The Bertz CT molecular complexity index is 140. The van der Waals surface area contributed by atoms with Gasteiger partial charge in [-0.3, -0.25) is 0 Å². The largest absolute Gasteiger partial charge is 0.391 e. The molecule has 5 heteroatoms. The van der Waals surface area contributed by atoms with E-state index < -0.39 is 12.1 Å². The molecule has 0 radical (unpaired) electrons. The van der Waals surface area contributed by atoms with Crippen LogP contribution in [0.4, 0.5) is 13.2 Å². The first-order valence-electron chi connectivity index (χ1n) is 3.88. The summed E-state index contributed by atoms with van der Waals surface area (Å²) < 4.78 is 41.3. The van der Waals surface area contributed by atoms with Crippen molar-refractivity contribution in [3.63, 3.8) is 0 Å². The molecular weight excluding hydrogens is 284 g/mol. The van der Waals surface area contributed by atoms with Gasteiger partial charge in [0.25, 0.3) is 0 Å². The van der Waals surface area contributed by atoms with Gasteiger partial charge in [-0.15, -0.1) is 0 Å². The van der Waals surface area contributed by atoms with E-state index >= 15 is 0 Å². The van der Waals surface area contributed by atoms with Gasteiger partial charge < -0.3 is 3.07 Å². The van der Waals surface area contributed by atoms with E-state index in [-0.39, 0.29) is 18.9 Å². The fraction of sp³-hybridized carbons (Fsp3) is 1.00. The Balaban J connectivity index is 2.36. The zero-order valence-corrected chi connectivity index (χ0v) is 8.56. The fourth-order valence-corrected chi connectivity index (χ4v) is 1.99. The van der Waals surface area contributed by atoms with Crippen molar-refractivity contribution < 1.29 is 16.2 Å². The molecule has 1 nitrogen and oxygen atoms in total. The smallest absolute Gasteiger partial charge is 0.312 e. The Morgan fingerprint density at radius 3 is 1.92 bits per heavy atom. The lowest BCUT2D eigenvalue weighted by atomic mass is 9.87. The normalized spacial score (nSPS) is 32.0. The Hall–Kier alpha value is 0.480. The number of rotatable bonds is 1. The van der Waals surface area contributed by atoms with Crippen molar-refractivity contribution >= 4 is 23.0 Å². The number of hydrogen-bond donors (Lipinski definition) is 0. The van der Waals surface area contributed by atoms with Crippen LogP contribution in [0.15, 0.2) is 0 Å². The molecule has 1 rings (SSSR count). The monoisotopic (exact) mass is 294 g/mol. The summed E-state index contributed by atoms with van der Waals surface area (Å²) in [6.45, 7) is 0. The average molecular weight is 294 g/mol. The SMILES string of the molecule is FC(F)(F)C1CCC(OI)CC1. The quantitative estimate of drug-likeness (QED) is 0.673. The highest BCUT2D eigenvalue weighted by Crippen LogP contribution is 2.38. The minimum Gasteiger partial charge on any atom is -0.312 e. The van der Waals surface area contributed by atoms with Crippen LogP contribution in [-0.4, -0.2) is 12.3 Å². The van der Waals surface area contributed by atoms with Gasteiger partial charge in [0.05, 0.1) is 12.0 Å². The summed E-state index contributed by atoms with van der Waals surface area (Å²) in [4.78, 5) is 0. The maximum Gasteiger partial charge on any atom is 0.391 e. The third-order valence-electron chi connectivity index (χ3n) is 2.26. The third-order valence-corrected chi connectivity index (χ3v) is 2.98. The van der Waals surface area contributed by atoms with Crippen LogP contribution < -0.4 is 0 Å². The van der Waals surface area contributed by atoms with Crippen molar-refractivity contribution in [2.75, 3.05) is 0 Å². The molecule has 0 heterocycles. The van der Waals surface area contributed by atoms with Crippen molar-refractivity contribution in [1.29, 1.82) is 0 Å². The van der Waals surface area contributed by atoms with Gasteiger partial charge >= 0.3 is 6.18 Å². The summed E-state index contributed by atoms with van der Waals surface area (Å²) in [6, 6.07) is 0. The van der Waals surface area contributed by atoms with Crippen molar-refractivity contribution in [1.82, 2.24) is 0 Å². The summed E-state index contributed by atoms with van der Waals surface area (Å²) in [6.07, 6.45) is -2.46. The number of hydrogen-bond acceptors (Lipinski definition) is 1. The first kappa shape index (κ1) is 10.6. The van der Waals surface area contributed by atoms with Crippen LogP contribution in [0.5, 0.6) is 0 Å². The predicted molar refractivity (Wildman–Crippen MR) is 46.9 cm³/mol. The molecule has 1 aliphatic carbocycles. The van der Waals surface area contributed by atoms with Crippen molar-refractivity contribution in [3.8, 4) is 0 Å². The van der Waals surface area contributed by atoms with E-state index in [0.29, 0.717) is 12.8 Å².